The molecule has 0 spiro atoms. The lowest BCUT2D eigenvalue weighted by Gasteiger charge is -2.10. The van der Waals surface area contributed by atoms with Crippen LogP contribution in [-0.4, -0.2) is 25.9 Å². The van der Waals surface area contributed by atoms with E-state index < -0.39 is 0 Å². The standard InChI is InChI=1S/C12H13N3O3/c1-17-11-6-9(8-16)7-12(18-2)10(11)4-3-5-14-15-13/h6-7,16H,5,8H2,1-2H3. The molecule has 0 aliphatic heterocycles. The van der Waals surface area contributed by atoms with Crippen LogP contribution in [-0.2, 0) is 6.61 Å². The highest BCUT2D eigenvalue weighted by molar-refractivity contribution is 5.57. The van der Waals surface area contributed by atoms with Crippen LogP contribution in [0, 0.1) is 11.8 Å². The van der Waals surface area contributed by atoms with Crippen molar-refractivity contribution >= 4 is 0 Å². The van der Waals surface area contributed by atoms with Gasteiger partial charge in [-0.1, -0.05) is 17.0 Å². The topological polar surface area (TPSA) is 87.5 Å². The van der Waals surface area contributed by atoms with Gasteiger partial charge in [0.1, 0.15) is 17.1 Å². The highest BCUT2D eigenvalue weighted by Gasteiger charge is 2.10. The lowest BCUT2D eigenvalue weighted by atomic mass is 10.1. The van der Waals surface area contributed by atoms with Gasteiger partial charge in [-0.2, -0.15) is 0 Å². The maximum Gasteiger partial charge on any atom is 0.138 e. The van der Waals surface area contributed by atoms with Crippen LogP contribution in [0.25, 0.3) is 10.4 Å². The van der Waals surface area contributed by atoms with Crippen molar-refractivity contribution in [3.05, 3.63) is 33.7 Å². The second-order valence-electron chi connectivity index (χ2n) is 3.22. The molecule has 0 heterocycles. The molecule has 1 rings (SSSR count). The third-order valence-corrected chi connectivity index (χ3v) is 2.17. The average Bonchev–Trinajstić information content (AvgIpc) is 2.42. The van der Waals surface area contributed by atoms with E-state index in [9.17, 15) is 0 Å². The molecule has 1 aromatic carbocycles. The molecule has 0 aliphatic carbocycles. The van der Waals surface area contributed by atoms with Gasteiger partial charge in [-0.25, -0.2) is 0 Å². The molecule has 0 saturated carbocycles. The molecule has 0 amide bonds. The summed E-state index contributed by atoms with van der Waals surface area (Å²) < 4.78 is 10.4. The van der Waals surface area contributed by atoms with Crippen LogP contribution in [0.3, 0.4) is 0 Å². The molecule has 0 saturated heterocycles. The van der Waals surface area contributed by atoms with Gasteiger partial charge in [-0.3, -0.25) is 0 Å². The number of ether oxygens (including phenoxy) is 2. The molecule has 1 N–H and O–H groups in total. The summed E-state index contributed by atoms with van der Waals surface area (Å²) in [4.78, 5) is 2.61. The average molecular weight is 247 g/mol. The van der Waals surface area contributed by atoms with Gasteiger partial charge in [0.2, 0.25) is 0 Å². The van der Waals surface area contributed by atoms with Gasteiger partial charge in [0.05, 0.1) is 27.4 Å². The molecule has 94 valence electrons. The molecular weight excluding hydrogens is 234 g/mol. The van der Waals surface area contributed by atoms with Gasteiger partial charge in [0.25, 0.3) is 0 Å². The molecular formula is C12H13N3O3. The van der Waals surface area contributed by atoms with Crippen molar-refractivity contribution in [3.63, 3.8) is 0 Å². The van der Waals surface area contributed by atoms with Crippen molar-refractivity contribution in [2.75, 3.05) is 20.8 Å². The minimum atomic E-state index is -0.112. The number of aliphatic hydroxyl groups excluding tert-OH is 1. The number of methoxy groups -OCH3 is 2. The first kappa shape index (κ1) is 13.7. The Bertz CT molecular complexity index is 500. The van der Waals surface area contributed by atoms with E-state index in [2.05, 4.69) is 21.9 Å². The van der Waals surface area contributed by atoms with E-state index in [4.69, 9.17) is 20.1 Å². The van der Waals surface area contributed by atoms with E-state index in [-0.39, 0.29) is 13.2 Å². The summed E-state index contributed by atoms with van der Waals surface area (Å²) in [5.74, 6) is 6.53. The Morgan fingerprint density at radius 2 is 1.94 bits per heavy atom. The molecule has 0 fully saturated rings. The third kappa shape index (κ3) is 3.32. The highest BCUT2D eigenvalue weighted by Crippen LogP contribution is 2.29. The van der Waals surface area contributed by atoms with E-state index in [1.54, 1.807) is 12.1 Å². The molecule has 6 nitrogen and oxygen atoms in total. The number of benzene rings is 1. The van der Waals surface area contributed by atoms with Crippen molar-refractivity contribution in [3.8, 4) is 23.3 Å². The van der Waals surface area contributed by atoms with Crippen LogP contribution < -0.4 is 9.47 Å². The van der Waals surface area contributed by atoms with Gasteiger partial charge < -0.3 is 14.6 Å². The lowest BCUT2D eigenvalue weighted by molar-refractivity contribution is 0.280. The summed E-state index contributed by atoms with van der Waals surface area (Å²) in [7, 11) is 3.02. The molecule has 6 heteroatoms. The smallest absolute Gasteiger partial charge is 0.138 e. The van der Waals surface area contributed by atoms with Crippen molar-refractivity contribution < 1.29 is 14.6 Å². The Labute approximate surface area is 105 Å². The molecule has 1 aromatic rings. The second kappa shape index (κ2) is 7.07. The van der Waals surface area contributed by atoms with Crippen molar-refractivity contribution in [2.45, 2.75) is 6.61 Å². The van der Waals surface area contributed by atoms with Crippen molar-refractivity contribution in [1.29, 1.82) is 0 Å². The summed E-state index contributed by atoms with van der Waals surface area (Å²) in [6, 6.07) is 3.36. The lowest BCUT2D eigenvalue weighted by Crippen LogP contribution is -1.96. The zero-order valence-corrected chi connectivity index (χ0v) is 10.2. The number of hydrogen-bond acceptors (Lipinski definition) is 4. The minimum absolute atomic E-state index is 0.0740. The molecule has 18 heavy (non-hydrogen) atoms. The number of hydrogen-bond donors (Lipinski definition) is 1. The fraction of sp³-hybridized carbons (Fsp3) is 0.333. The quantitative estimate of drug-likeness (QED) is 0.381. The van der Waals surface area contributed by atoms with Gasteiger partial charge in [0, 0.05) is 4.91 Å². The van der Waals surface area contributed by atoms with Crippen LogP contribution >= 0.6 is 0 Å². The molecule has 0 unspecified atom stereocenters. The number of azide groups is 1. The Morgan fingerprint density at radius 1 is 1.33 bits per heavy atom. The first-order valence-electron chi connectivity index (χ1n) is 5.12. The third-order valence-electron chi connectivity index (χ3n) is 2.17. The zero-order valence-electron chi connectivity index (χ0n) is 10.2. The van der Waals surface area contributed by atoms with Gasteiger partial charge in [-0.15, -0.1) is 0 Å². The number of nitrogens with zero attached hydrogens (tertiary/aromatic N) is 3. The summed E-state index contributed by atoms with van der Waals surface area (Å²) in [6.07, 6.45) is 0. The predicted molar refractivity (Wildman–Crippen MR) is 66.4 cm³/mol. The Morgan fingerprint density at radius 3 is 2.39 bits per heavy atom. The SMILES string of the molecule is COc1cc(CO)cc(OC)c1C#CCN=[N+]=[N-]. The van der Waals surface area contributed by atoms with Crippen LogP contribution in [0.1, 0.15) is 11.1 Å². The largest absolute Gasteiger partial charge is 0.495 e. The van der Waals surface area contributed by atoms with Gasteiger partial charge in [0.15, 0.2) is 0 Å². The highest BCUT2D eigenvalue weighted by atomic mass is 16.5. The van der Waals surface area contributed by atoms with Crippen LogP contribution in [0.15, 0.2) is 17.2 Å². The molecule has 0 radical (unpaired) electrons. The summed E-state index contributed by atoms with van der Waals surface area (Å²) in [5, 5.41) is 12.4. The van der Waals surface area contributed by atoms with Crippen molar-refractivity contribution in [2.24, 2.45) is 5.11 Å². The van der Waals surface area contributed by atoms with E-state index in [0.29, 0.717) is 22.6 Å². The van der Waals surface area contributed by atoms with Gasteiger partial charge in [-0.05, 0) is 23.2 Å². The maximum atomic E-state index is 9.11. The molecule has 0 aliphatic rings. The van der Waals surface area contributed by atoms with Crippen LogP contribution in [0.4, 0.5) is 0 Å². The fourth-order valence-corrected chi connectivity index (χ4v) is 1.38. The van der Waals surface area contributed by atoms with E-state index in [0.717, 1.165) is 0 Å². The first-order chi connectivity index (χ1) is 8.76. The minimum Gasteiger partial charge on any atom is -0.495 e. The second-order valence-corrected chi connectivity index (χ2v) is 3.22. The first-order valence-corrected chi connectivity index (χ1v) is 5.12. The normalized spacial score (nSPS) is 8.83. The molecule has 0 aromatic heterocycles. The monoisotopic (exact) mass is 247 g/mol. The molecule has 0 atom stereocenters. The van der Waals surface area contributed by atoms with Crippen LogP contribution in [0.2, 0.25) is 0 Å². The predicted octanol–water partition coefficient (Wildman–Crippen LogP) is 1.86. The van der Waals surface area contributed by atoms with Gasteiger partial charge >= 0.3 is 0 Å². The summed E-state index contributed by atoms with van der Waals surface area (Å²) >= 11 is 0. The van der Waals surface area contributed by atoms with E-state index in [1.165, 1.54) is 14.2 Å². The van der Waals surface area contributed by atoms with E-state index in [1.807, 2.05) is 0 Å². The van der Waals surface area contributed by atoms with Crippen LogP contribution in [0.5, 0.6) is 11.5 Å². The fourth-order valence-electron chi connectivity index (χ4n) is 1.38. The van der Waals surface area contributed by atoms with Crippen molar-refractivity contribution in [1.82, 2.24) is 0 Å². The maximum absolute atomic E-state index is 9.11. The molecule has 0 bridgehead atoms. The number of aliphatic hydroxyl groups is 1. The Kier molecular flexibility index (Phi) is 5.39. The summed E-state index contributed by atoms with van der Waals surface area (Å²) in [6.45, 7) is -0.0380. The number of rotatable bonds is 4. The van der Waals surface area contributed by atoms with E-state index >= 15 is 0 Å². The Hall–Kier alpha value is -2.35. The zero-order chi connectivity index (χ0) is 13.4. The summed E-state index contributed by atoms with van der Waals surface area (Å²) in [5.41, 5.74) is 9.38. The Balaban J connectivity index is 3.20.